The van der Waals surface area contributed by atoms with Crippen molar-refractivity contribution in [2.75, 3.05) is 25.1 Å². The average Bonchev–Trinajstić information content (AvgIpc) is 2.85. The molecule has 1 aromatic rings. The lowest BCUT2D eigenvalue weighted by atomic mass is 10.2. The summed E-state index contributed by atoms with van der Waals surface area (Å²) in [7, 11) is 1.59. The standard InChI is InChI=1S/C12H16F3N3O/c1-19-9-4-5-18(7-9)11-8(6-16)2-3-10(17-11)12(13,14)15/h2-3,9H,4-7,16H2,1H3. The quantitative estimate of drug-likeness (QED) is 0.913. The zero-order valence-electron chi connectivity index (χ0n) is 10.6. The van der Waals surface area contributed by atoms with Gasteiger partial charge in [-0.1, -0.05) is 6.07 Å². The van der Waals surface area contributed by atoms with Gasteiger partial charge < -0.3 is 15.4 Å². The van der Waals surface area contributed by atoms with E-state index in [4.69, 9.17) is 10.5 Å². The number of halogens is 3. The van der Waals surface area contributed by atoms with Crippen molar-refractivity contribution in [3.63, 3.8) is 0 Å². The Morgan fingerprint density at radius 1 is 1.47 bits per heavy atom. The zero-order valence-corrected chi connectivity index (χ0v) is 10.6. The van der Waals surface area contributed by atoms with Crippen molar-refractivity contribution < 1.29 is 17.9 Å². The van der Waals surface area contributed by atoms with Gasteiger partial charge in [0.15, 0.2) is 0 Å². The SMILES string of the molecule is COC1CCN(c2nc(C(F)(F)F)ccc2CN)C1. The van der Waals surface area contributed by atoms with Gasteiger partial charge >= 0.3 is 6.18 Å². The molecule has 0 amide bonds. The molecule has 2 N–H and O–H groups in total. The van der Waals surface area contributed by atoms with Gasteiger partial charge in [-0.2, -0.15) is 13.2 Å². The van der Waals surface area contributed by atoms with E-state index in [2.05, 4.69) is 4.98 Å². The maximum Gasteiger partial charge on any atom is 0.433 e. The van der Waals surface area contributed by atoms with Crippen LogP contribution in [0.4, 0.5) is 19.0 Å². The number of methoxy groups -OCH3 is 1. The van der Waals surface area contributed by atoms with Gasteiger partial charge in [0.1, 0.15) is 11.5 Å². The number of ether oxygens (including phenoxy) is 1. The van der Waals surface area contributed by atoms with Crippen molar-refractivity contribution >= 4 is 5.82 Å². The number of hydrogen-bond acceptors (Lipinski definition) is 4. The first kappa shape index (κ1) is 14.1. The lowest BCUT2D eigenvalue weighted by Gasteiger charge is -2.21. The summed E-state index contributed by atoms with van der Waals surface area (Å²) in [4.78, 5) is 5.53. The smallest absolute Gasteiger partial charge is 0.380 e. The third kappa shape index (κ3) is 2.98. The Bertz CT molecular complexity index is 450. The molecule has 0 spiro atoms. The first-order valence-corrected chi connectivity index (χ1v) is 6.00. The van der Waals surface area contributed by atoms with Crippen molar-refractivity contribution in [2.45, 2.75) is 25.2 Å². The van der Waals surface area contributed by atoms with Crippen LogP contribution in [0.1, 0.15) is 17.7 Å². The van der Waals surface area contributed by atoms with E-state index in [9.17, 15) is 13.2 Å². The van der Waals surface area contributed by atoms with Crippen LogP contribution in [0.5, 0.6) is 0 Å². The normalized spacial score (nSPS) is 20.1. The maximum atomic E-state index is 12.7. The van der Waals surface area contributed by atoms with Crippen LogP contribution in [0.25, 0.3) is 0 Å². The molecule has 2 rings (SSSR count). The second-order valence-corrected chi connectivity index (χ2v) is 4.47. The molecule has 0 aromatic carbocycles. The van der Waals surface area contributed by atoms with Crippen LogP contribution in [0.2, 0.25) is 0 Å². The molecule has 19 heavy (non-hydrogen) atoms. The number of anilines is 1. The van der Waals surface area contributed by atoms with Gasteiger partial charge in [0.25, 0.3) is 0 Å². The fourth-order valence-corrected chi connectivity index (χ4v) is 2.18. The summed E-state index contributed by atoms with van der Waals surface area (Å²) < 4.78 is 43.3. The van der Waals surface area contributed by atoms with E-state index in [0.717, 1.165) is 12.5 Å². The number of nitrogens with zero attached hydrogens (tertiary/aromatic N) is 2. The predicted octanol–water partition coefficient (Wildman–Crippen LogP) is 1.78. The molecule has 0 radical (unpaired) electrons. The minimum atomic E-state index is -4.44. The van der Waals surface area contributed by atoms with Gasteiger partial charge in [0, 0.05) is 32.3 Å². The van der Waals surface area contributed by atoms with Crippen molar-refractivity contribution in [1.29, 1.82) is 0 Å². The van der Waals surface area contributed by atoms with Crippen LogP contribution < -0.4 is 10.6 Å². The summed E-state index contributed by atoms with van der Waals surface area (Å²) in [6.07, 6.45) is -3.64. The molecule has 1 saturated heterocycles. The Hall–Kier alpha value is -1.34. The highest BCUT2D eigenvalue weighted by Crippen LogP contribution is 2.31. The van der Waals surface area contributed by atoms with Gasteiger partial charge in [-0.25, -0.2) is 4.98 Å². The summed E-state index contributed by atoms with van der Waals surface area (Å²) in [6, 6.07) is 2.36. The second kappa shape index (κ2) is 5.34. The molecule has 106 valence electrons. The average molecular weight is 275 g/mol. The summed E-state index contributed by atoms with van der Waals surface area (Å²) in [6.45, 7) is 1.33. The Morgan fingerprint density at radius 2 is 2.21 bits per heavy atom. The zero-order chi connectivity index (χ0) is 14.0. The van der Waals surface area contributed by atoms with Crippen molar-refractivity contribution in [2.24, 2.45) is 5.73 Å². The Labute approximate surface area is 109 Å². The number of aromatic nitrogens is 1. The van der Waals surface area contributed by atoms with E-state index in [-0.39, 0.29) is 12.6 Å². The van der Waals surface area contributed by atoms with E-state index in [0.29, 0.717) is 24.5 Å². The highest BCUT2D eigenvalue weighted by Gasteiger charge is 2.34. The molecule has 1 fully saturated rings. The van der Waals surface area contributed by atoms with Crippen LogP contribution in [0.3, 0.4) is 0 Å². The summed E-state index contributed by atoms with van der Waals surface area (Å²) >= 11 is 0. The van der Waals surface area contributed by atoms with E-state index in [1.807, 2.05) is 0 Å². The van der Waals surface area contributed by atoms with E-state index < -0.39 is 11.9 Å². The molecule has 1 unspecified atom stereocenters. The second-order valence-electron chi connectivity index (χ2n) is 4.47. The van der Waals surface area contributed by atoms with Crippen LogP contribution in [-0.2, 0) is 17.5 Å². The Kier molecular flexibility index (Phi) is 3.96. The van der Waals surface area contributed by atoms with Crippen molar-refractivity contribution in [3.8, 4) is 0 Å². The number of rotatable bonds is 3. The fourth-order valence-electron chi connectivity index (χ4n) is 2.18. The molecule has 0 aliphatic carbocycles. The molecular weight excluding hydrogens is 259 g/mol. The minimum Gasteiger partial charge on any atom is -0.380 e. The summed E-state index contributed by atoms with van der Waals surface area (Å²) in [5, 5.41) is 0. The first-order chi connectivity index (χ1) is 8.95. The van der Waals surface area contributed by atoms with Gasteiger partial charge in [0.2, 0.25) is 0 Å². The molecule has 7 heteroatoms. The Morgan fingerprint density at radius 3 is 2.74 bits per heavy atom. The van der Waals surface area contributed by atoms with Crippen LogP contribution in [-0.4, -0.2) is 31.3 Å². The lowest BCUT2D eigenvalue weighted by molar-refractivity contribution is -0.141. The highest BCUT2D eigenvalue weighted by atomic mass is 19.4. The molecule has 1 aliphatic rings. The molecule has 1 aliphatic heterocycles. The third-order valence-corrected chi connectivity index (χ3v) is 3.24. The van der Waals surface area contributed by atoms with Gasteiger partial charge in [-0.05, 0) is 12.5 Å². The number of pyridine rings is 1. The van der Waals surface area contributed by atoms with E-state index in [1.165, 1.54) is 6.07 Å². The molecule has 4 nitrogen and oxygen atoms in total. The van der Waals surface area contributed by atoms with Crippen molar-refractivity contribution in [3.05, 3.63) is 23.4 Å². The summed E-state index contributed by atoms with van der Waals surface area (Å²) in [5.41, 5.74) is 5.29. The van der Waals surface area contributed by atoms with Crippen LogP contribution in [0.15, 0.2) is 12.1 Å². The molecule has 1 aromatic heterocycles. The number of hydrogen-bond donors (Lipinski definition) is 1. The van der Waals surface area contributed by atoms with Gasteiger partial charge in [-0.15, -0.1) is 0 Å². The van der Waals surface area contributed by atoms with Gasteiger partial charge in [-0.3, -0.25) is 0 Å². The third-order valence-electron chi connectivity index (χ3n) is 3.24. The van der Waals surface area contributed by atoms with Crippen molar-refractivity contribution in [1.82, 2.24) is 4.98 Å². The molecular formula is C12H16F3N3O. The highest BCUT2D eigenvalue weighted by molar-refractivity contribution is 5.49. The van der Waals surface area contributed by atoms with Crippen LogP contribution in [0, 0.1) is 0 Å². The monoisotopic (exact) mass is 275 g/mol. The number of nitrogens with two attached hydrogens (primary N) is 1. The van der Waals surface area contributed by atoms with Gasteiger partial charge in [0.05, 0.1) is 6.10 Å². The molecule has 1 atom stereocenters. The minimum absolute atomic E-state index is 0.0296. The maximum absolute atomic E-state index is 12.7. The Balaban J connectivity index is 2.32. The summed E-state index contributed by atoms with van der Waals surface area (Å²) in [5.74, 6) is 0.317. The lowest BCUT2D eigenvalue weighted by Crippen LogP contribution is -2.26. The van der Waals surface area contributed by atoms with E-state index >= 15 is 0 Å². The molecule has 0 saturated carbocycles. The molecule has 0 bridgehead atoms. The molecule has 2 heterocycles. The van der Waals surface area contributed by atoms with Crippen LogP contribution >= 0.6 is 0 Å². The fraction of sp³-hybridized carbons (Fsp3) is 0.583. The predicted molar refractivity (Wildman–Crippen MR) is 64.8 cm³/mol. The largest absolute Gasteiger partial charge is 0.433 e. The first-order valence-electron chi connectivity index (χ1n) is 6.00. The number of alkyl halides is 3. The van der Waals surface area contributed by atoms with E-state index in [1.54, 1.807) is 12.0 Å². The topological polar surface area (TPSA) is 51.4 Å².